The molecule has 4 N–H and O–H groups in total. The van der Waals surface area contributed by atoms with Crippen molar-refractivity contribution >= 4 is 27.5 Å². The molecule has 0 heterocycles. The summed E-state index contributed by atoms with van der Waals surface area (Å²) in [5, 5.41) is 22.5. The van der Waals surface area contributed by atoms with Crippen LogP contribution in [0, 0.1) is 0 Å². The number of amidine groups is 1. The van der Waals surface area contributed by atoms with E-state index in [0.717, 1.165) is 35.8 Å². The lowest BCUT2D eigenvalue weighted by atomic mass is 10.0. The Bertz CT molecular complexity index is 513. The van der Waals surface area contributed by atoms with E-state index in [0.29, 0.717) is 12.1 Å². The maximum absolute atomic E-state index is 10.5. The normalized spacial score (nSPS) is 18.2. The molecule has 1 aliphatic rings. The number of aliphatic hydroxyl groups is 1. The summed E-state index contributed by atoms with van der Waals surface area (Å²) in [4.78, 5) is 1.96. The standard InChI is InChI=1S/C14H20BrN3O2/c1-18(9-14(19)7-2-3-8-14)11-6-4-5-10(15)12(11)13(16)17-20/h4-6,19-20H,2-3,7-9H2,1H3,(H2,16,17). The second-order valence-corrected chi connectivity index (χ2v) is 6.26. The van der Waals surface area contributed by atoms with Crippen LogP contribution in [0.15, 0.2) is 27.8 Å². The molecule has 0 amide bonds. The van der Waals surface area contributed by atoms with Crippen LogP contribution in [0.25, 0.3) is 0 Å². The van der Waals surface area contributed by atoms with Gasteiger partial charge < -0.3 is 20.9 Å². The number of nitrogens with two attached hydrogens (primary N) is 1. The van der Waals surface area contributed by atoms with E-state index in [1.54, 1.807) is 0 Å². The van der Waals surface area contributed by atoms with Gasteiger partial charge in [0.2, 0.25) is 0 Å². The van der Waals surface area contributed by atoms with Crippen molar-refractivity contribution in [1.29, 1.82) is 0 Å². The van der Waals surface area contributed by atoms with E-state index in [-0.39, 0.29) is 5.84 Å². The number of anilines is 1. The first-order chi connectivity index (χ1) is 9.47. The molecular formula is C14H20BrN3O2. The SMILES string of the molecule is CN(CC1(O)CCCC1)c1cccc(Br)c1/C(N)=N/O. The fourth-order valence-corrected chi connectivity index (χ4v) is 3.41. The maximum Gasteiger partial charge on any atom is 0.173 e. The van der Waals surface area contributed by atoms with Gasteiger partial charge in [0.1, 0.15) is 0 Å². The summed E-state index contributed by atoms with van der Waals surface area (Å²) in [6, 6.07) is 5.63. The van der Waals surface area contributed by atoms with Gasteiger partial charge >= 0.3 is 0 Å². The monoisotopic (exact) mass is 341 g/mol. The fourth-order valence-electron chi connectivity index (χ4n) is 2.85. The molecule has 1 fully saturated rings. The van der Waals surface area contributed by atoms with Crippen molar-refractivity contribution in [2.24, 2.45) is 10.9 Å². The van der Waals surface area contributed by atoms with Crippen LogP contribution in [0.2, 0.25) is 0 Å². The average Bonchev–Trinajstić information content (AvgIpc) is 2.84. The Labute approximate surface area is 127 Å². The highest BCUT2D eigenvalue weighted by Crippen LogP contribution is 2.33. The topological polar surface area (TPSA) is 82.1 Å². The molecule has 0 bridgehead atoms. The summed E-state index contributed by atoms with van der Waals surface area (Å²) in [6.07, 6.45) is 3.78. The first-order valence-corrected chi connectivity index (χ1v) is 7.46. The first-order valence-electron chi connectivity index (χ1n) is 6.67. The van der Waals surface area contributed by atoms with Crippen LogP contribution < -0.4 is 10.6 Å². The second kappa shape index (κ2) is 6.01. The van der Waals surface area contributed by atoms with Crippen molar-refractivity contribution < 1.29 is 10.3 Å². The Morgan fingerprint density at radius 1 is 1.45 bits per heavy atom. The third kappa shape index (κ3) is 3.07. The molecule has 2 rings (SSSR count). The molecule has 20 heavy (non-hydrogen) atoms. The summed E-state index contributed by atoms with van der Waals surface area (Å²) in [5.41, 5.74) is 6.58. The highest BCUT2D eigenvalue weighted by molar-refractivity contribution is 9.10. The van der Waals surface area contributed by atoms with Crippen LogP contribution in [0.4, 0.5) is 5.69 Å². The van der Waals surface area contributed by atoms with Gasteiger partial charge in [-0.15, -0.1) is 0 Å². The van der Waals surface area contributed by atoms with Gasteiger partial charge in [-0.1, -0.05) is 24.1 Å². The van der Waals surface area contributed by atoms with E-state index in [1.807, 2.05) is 30.1 Å². The van der Waals surface area contributed by atoms with Crippen LogP contribution >= 0.6 is 15.9 Å². The van der Waals surface area contributed by atoms with Gasteiger partial charge in [-0.3, -0.25) is 0 Å². The first kappa shape index (κ1) is 15.1. The number of rotatable bonds is 4. The third-order valence-electron chi connectivity index (χ3n) is 3.83. The van der Waals surface area contributed by atoms with E-state index in [9.17, 15) is 5.11 Å². The van der Waals surface area contributed by atoms with Gasteiger partial charge in [-0.2, -0.15) is 0 Å². The number of oxime groups is 1. The van der Waals surface area contributed by atoms with Crippen LogP contribution in [0.3, 0.4) is 0 Å². The van der Waals surface area contributed by atoms with Crippen molar-refractivity contribution in [2.75, 3.05) is 18.5 Å². The Morgan fingerprint density at radius 2 is 2.10 bits per heavy atom. The molecule has 0 spiro atoms. The Hall–Kier alpha value is -1.27. The number of nitrogens with zero attached hydrogens (tertiary/aromatic N) is 2. The van der Waals surface area contributed by atoms with Gasteiger partial charge in [0.25, 0.3) is 0 Å². The van der Waals surface area contributed by atoms with E-state index in [2.05, 4.69) is 21.1 Å². The molecule has 0 aromatic heterocycles. The molecule has 1 aliphatic carbocycles. The van der Waals surface area contributed by atoms with Gasteiger partial charge in [-0.05, 0) is 40.9 Å². The zero-order valence-corrected chi connectivity index (χ0v) is 13.1. The van der Waals surface area contributed by atoms with Gasteiger partial charge in [0.15, 0.2) is 5.84 Å². The highest BCUT2D eigenvalue weighted by Gasteiger charge is 2.33. The summed E-state index contributed by atoms with van der Waals surface area (Å²) in [5.74, 6) is 0.0535. The van der Waals surface area contributed by atoms with Gasteiger partial charge in [0, 0.05) is 23.8 Å². The van der Waals surface area contributed by atoms with Crippen molar-refractivity contribution in [3.8, 4) is 0 Å². The molecule has 6 heteroatoms. The minimum atomic E-state index is -0.639. The molecule has 0 unspecified atom stereocenters. The van der Waals surface area contributed by atoms with Crippen molar-refractivity contribution in [3.63, 3.8) is 0 Å². The van der Waals surface area contributed by atoms with E-state index in [1.165, 1.54) is 0 Å². The zero-order chi connectivity index (χ0) is 14.8. The maximum atomic E-state index is 10.5. The summed E-state index contributed by atoms with van der Waals surface area (Å²) in [6.45, 7) is 0.537. The number of likely N-dealkylation sites (N-methyl/N-ethyl adjacent to an activating group) is 1. The predicted octanol–water partition coefficient (Wildman–Crippen LogP) is 2.28. The average molecular weight is 342 g/mol. The molecular weight excluding hydrogens is 322 g/mol. The molecule has 1 saturated carbocycles. The second-order valence-electron chi connectivity index (χ2n) is 5.41. The van der Waals surface area contributed by atoms with Crippen LogP contribution in [0.1, 0.15) is 31.2 Å². The fraction of sp³-hybridized carbons (Fsp3) is 0.500. The van der Waals surface area contributed by atoms with Crippen LogP contribution in [-0.2, 0) is 0 Å². The number of hydrogen-bond acceptors (Lipinski definition) is 4. The summed E-state index contributed by atoms with van der Waals surface area (Å²) >= 11 is 3.42. The molecule has 110 valence electrons. The predicted molar refractivity (Wildman–Crippen MR) is 83.3 cm³/mol. The third-order valence-corrected chi connectivity index (χ3v) is 4.49. The smallest absolute Gasteiger partial charge is 0.173 e. The molecule has 1 aromatic carbocycles. The summed E-state index contributed by atoms with van der Waals surface area (Å²) < 4.78 is 0.760. The van der Waals surface area contributed by atoms with Crippen LogP contribution in [-0.4, -0.2) is 35.3 Å². The van der Waals surface area contributed by atoms with E-state index < -0.39 is 5.60 Å². The minimum absolute atomic E-state index is 0.0535. The van der Waals surface area contributed by atoms with Crippen molar-refractivity contribution in [3.05, 3.63) is 28.2 Å². The van der Waals surface area contributed by atoms with Gasteiger partial charge in [0.05, 0.1) is 11.2 Å². The number of benzene rings is 1. The highest BCUT2D eigenvalue weighted by atomic mass is 79.9. The lowest BCUT2D eigenvalue weighted by Gasteiger charge is -2.31. The molecule has 0 aliphatic heterocycles. The van der Waals surface area contributed by atoms with Gasteiger partial charge in [-0.25, -0.2) is 0 Å². The molecule has 0 saturated heterocycles. The molecule has 0 atom stereocenters. The zero-order valence-electron chi connectivity index (χ0n) is 11.5. The lowest BCUT2D eigenvalue weighted by molar-refractivity contribution is 0.0559. The lowest BCUT2D eigenvalue weighted by Crippen LogP contribution is -2.40. The Kier molecular flexibility index (Phi) is 4.55. The Balaban J connectivity index is 2.30. The van der Waals surface area contributed by atoms with Crippen LogP contribution in [0.5, 0.6) is 0 Å². The molecule has 5 nitrogen and oxygen atoms in total. The molecule has 0 radical (unpaired) electrons. The van der Waals surface area contributed by atoms with E-state index >= 15 is 0 Å². The minimum Gasteiger partial charge on any atom is -0.409 e. The quantitative estimate of drug-likeness (QED) is 0.339. The van der Waals surface area contributed by atoms with Crippen molar-refractivity contribution in [2.45, 2.75) is 31.3 Å². The largest absolute Gasteiger partial charge is 0.409 e. The summed E-state index contributed by atoms with van der Waals surface area (Å²) in [7, 11) is 1.91. The molecule has 1 aromatic rings. The Morgan fingerprint density at radius 3 is 2.70 bits per heavy atom. The number of halogens is 1. The number of hydrogen-bond donors (Lipinski definition) is 3. The van der Waals surface area contributed by atoms with E-state index in [4.69, 9.17) is 10.9 Å². The van der Waals surface area contributed by atoms with Crippen molar-refractivity contribution in [1.82, 2.24) is 0 Å².